The quantitative estimate of drug-likeness (QED) is 0.894. The van der Waals surface area contributed by atoms with Crippen LogP contribution in [-0.2, 0) is 17.8 Å². The van der Waals surface area contributed by atoms with E-state index in [-0.39, 0.29) is 5.91 Å². The fourth-order valence-corrected chi connectivity index (χ4v) is 3.42. The minimum atomic E-state index is -0.470. The van der Waals surface area contributed by atoms with Gasteiger partial charge in [0.05, 0.1) is 6.04 Å². The minimum absolute atomic E-state index is 0.0475. The summed E-state index contributed by atoms with van der Waals surface area (Å²) in [4.78, 5) is 16.8. The summed E-state index contributed by atoms with van der Waals surface area (Å²) in [5, 5.41) is 0.762. The van der Waals surface area contributed by atoms with E-state index in [4.69, 9.17) is 17.3 Å². The molecule has 1 aliphatic rings. The van der Waals surface area contributed by atoms with Crippen LogP contribution < -0.4 is 5.73 Å². The molecule has 1 amide bonds. The number of halogens is 1. The van der Waals surface area contributed by atoms with Crippen LogP contribution in [0.2, 0.25) is 5.02 Å². The Balaban J connectivity index is 1.49. The van der Waals surface area contributed by atoms with Gasteiger partial charge in [0.15, 0.2) is 0 Å². The summed E-state index contributed by atoms with van der Waals surface area (Å²) in [6.07, 6.45) is 0.586. The van der Waals surface area contributed by atoms with E-state index in [9.17, 15) is 4.79 Å². The molecular formula is C20H24ClN3O. The van der Waals surface area contributed by atoms with Crippen LogP contribution in [0, 0.1) is 0 Å². The van der Waals surface area contributed by atoms with Gasteiger partial charge in [-0.05, 0) is 29.7 Å². The SMILES string of the molecule is NC(Cc1ccccc1)C(=O)N1CCN(Cc2cccc(Cl)c2)CC1. The molecule has 1 unspecified atom stereocenters. The van der Waals surface area contributed by atoms with Crippen LogP contribution >= 0.6 is 11.6 Å². The van der Waals surface area contributed by atoms with Crippen LogP contribution in [0.3, 0.4) is 0 Å². The van der Waals surface area contributed by atoms with Gasteiger partial charge in [-0.1, -0.05) is 54.1 Å². The van der Waals surface area contributed by atoms with E-state index in [2.05, 4.69) is 11.0 Å². The average Bonchev–Trinajstić information content (AvgIpc) is 2.62. The number of hydrogen-bond donors (Lipinski definition) is 1. The van der Waals surface area contributed by atoms with Gasteiger partial charge in [0.25, 0.3) is 0 Å². The fourth-order valence-electron chi connectivity index (χ4n) is 3.21. The summed E-state index contributed by atoms with van der Waals surface area (Å²) in [7, 11) is 0. The molecule has 0 aliphatic carbocycles. The van der Waals surface area contributed by atoms with Gasteiger partial charge >= 0.3 is 0 Å². The van der Waals surface area contributed by atoms with Gasteiger partial charge in [0, 0.05) is 37.7 Å². The van der Waals surface area contributed by atoms with E-state index >= 15 is 0 Å². The summed E-state index contributed by atoms with van der Waals surface area (Å²) < 4.78 is 0. The van der Waals surface area contributed by atoms with E-state index in [0.717, 1.165) is 43.3 Å². The third-order valence-corrected chi connectivity index (χ3v) is 4.83. The molecule has 25 heavy (non-hydrogen) atoms. The van der Waals surface area contributed by atoms with Crippen molar-refractivity contribution in [2.24, 2.45) is 5.73 Å². The summed E-state index contributed by atoms with van der Waals surface area (Å²) >= 11 is 6.04. The first-order valence-electron chi connectivity index (χ1n) is 8.67. The highest BCUT2D eigenvalue weighted by molar-refractivity contribution is 6.30. The van der Waals surface area contributed by atoms with Crippen LogP contribution in [0.15, 0.2) is 54.6 Å². The maximum Gasteiger partial charge on any atom is 0.239 e. The first-order valence-corrected chi connectivity index (χ1v) is 9.05. The molecule has 5 heteroatoms. The molecule has 132 valence electrons. The fraction of sp³-hybridized carbons (Fsp3) is 0.350. The number of amides is 1. The van der Waals surface area contributed by atoms with Crippen LogP contribution in [0.25, 0.3) is 0 Å². The molecule has 1 atom stereocenters. The molecule has 0 aromatic heterocycles. The Morgan fingerprint density at radius 1 is 1.00 bits per heavy atom. The molecule has 0 spiro atoms. The molecule has 0 saturated carbocycles. The lowest BCUT2D eigenvalue weighted by Gasteiger charge is -2.36. The molecule has 2 N–H and O–H groups in total. The third kappa shape index (κ3) is 5.05. The normalized spacial score (nSPS) is 16.6. The van der Waals surface area contributed by atoms with Gasteiger partial charge in [-0.3, -0.25) is 9.69 Å². The number of benzene rings is 2. The lowest BCUT2D eigenvalue weighted by molar-refractivity contribution is -0.134. The maximum absolute atomic E-state index is 12.6. The van der Waals surface area contributed by atoms with E-state index in [1.807, 2.05) is 53.4 Å². The van der Waals surface area contributed by atoms with Crippen molar-refractivity contribution in [2.45, 2.75) is 19.0 Å². The van der Waals surface area contributed by atoms with Crippen LogP contribution in [0.1, 0.15) is 11.1 Å². The van der Waals surface area contributed by atoms with Gasteiger partial charge in [-0.2, -0.15) is 0 Å². The van der Waals surface area contributed by atoms with E-state index in [1.54, 1.807) is 0 Å². The number of carbonyl (C=O) groups excluding carboxylic acids is 1. The second kappa shape index (κ2) is 8.48. The first-order chi connectivity index (χ1) is 12.1. The van der Waals surface area contributed by atoms with Crippen molar-refractivity contribution in [1.29, 1.82) is 0 Å². The molecule has 0 bridgehead atoms. The summed E-state index contributed by atoms with van der Waals surface area (Å²) in [6.45, 7) is 4.02. The maximum atomic E-state index is 12.6. The first kappa shape index (κ1) is 17.9. The van der Waals surface area contributed by atoms with Crippen molar-refractivity contribution < 1.29 is 4.79 Å². The average molecular weight is 358 g/mol. The number of nitrogens with zero attached hydrogens (tertiary/aromatic N) is 2. The summed E-state index contributed by atoms with van der Waals surface area (Å²) in [5.74, 6) is 0.0475. The minimum Gasteiger partial charge on any atom is -0.339 e. The predicted octanol–water partition coefficient (Wildman–Crippen LogP) is 2.55. The summed E-state index contributed by atoms with van der Waals surface area (Å²) in [5.41, 5.74) is 8.44. The molecule has 3 rings (SSSR count). The Morgan fingerprint density at radius 2 is 1.68 bits per heavy atom. The molecule has 4 nitrogen and oxygen atoms in total. The standard InChI is InChI=1S/C20H24ClN3O/c21-18-8-4-7-17(13-18)15-23-9-11-24(12-10-23)20(25)19(22)14-16-5-2-1-3-6-16/h1-8,13,19H,9-12,14-15,22H2. The largest absolute Gasteiger partial charge is 0.339 e. The molecule has 2 aromatic carbocycles. The lowest BCUT2D eigenvalue weighted by atomic mass is 10.1. The van der Waals surface area contributed by atoms with E-state index in [0.29, 0.717) is 6.42 Å². The van der Waals surface area contributed by atoms with Crippen LogP contribution in [0.4, 0.5) is 0 Å². The van der Waals surface area contributed by atoms with Gasteiger partial charge in [0.1, 0.15) is 0 Å². The molecule has 2 aromatic rings. The number of nitrogens with two attached hydrogens (primary N) is 1. The van der Waals surface area contributed by atoms with Crippen LogP contribution in [-0.4, -0.2) is 47.9 Å². The highest BCUT2D eigenvalue weighted by Crippen LogP contribution is 2.14. The van der Waals surface area contributed by atoms with Gasteiger partial charge in [-0.15, -0.1) is 0 Å². The van der Waals surface area contributed by atoms with Crippen molar-refractivity contribution in [2.75, 3.05) is 26.2 Å². The Hall–Kier alpha value is -1.88. The Labute approximate surface area is 154 Å². The number of rotatable bonds is 5. The number of carbonyl (C=O) groups is 1. The van der Waals surface area contributed by atoms with Crippen molar-refractivity contribution in [3.05, 3.63) is 70.7 Å². The van der Waals surface area contributed by atoms with Gasteiger partial charge < -0.3 is 10.6 Å². The second-order valence-corrected chi connectivity index (χ2v) is 6.96. The highest BCUT2D eigenvalue weighted by Gasteiger charge is 2.25. The molecule has 1 heterocycles. The van der Waals surface area contributed by atoms with Crippen molar-refractivity contribution in [3.8, 4) is 0 Å². The van der Waals surface area contributed by atoms with Gasteiger partial charge in [0.2, 0.25) is 5.91 Å². The zero-order valence-corrected chi connectivity index (χ0v) is 15.0. The highest BCUT2D eigenvalue weighted by atomic mass is 35.5. The van der Waals surface area contributed by atoms with Gasteiger partial charge in [-0.25, -0.2) is 0 Å². The smallest absolute Gasteiger partial charge is 0.239 e. The zero-order valence-electron chi connectivity index (χ0n) is 14.3. The Kier molecular flexibility index (Phi) is 6.08. The molecule has 1 fully saturated rings. The topological polar surface area (TPSA) is 49.6 Å². The number of piperazine rings is 1. The monoisotopic (exact) mass is 357 g/mol. The lowest BCUT2D eigenvalue weighted by Crippen LogP contribution is -2.53. The number of hydrogen-bond acceptors (Lipinski definition) is 3. The Bertz CT molecular complexity index is 699. The zero-order chi connectivity index (χ0) is 17.6. The van der Waals surface area contributed by atoms with Crippen LogP contribution in [0.5, 0.6) is 0 Å². The molecule has 1 saturated heterocycles. The third-order valence-electron chi connectivity index (χ3n) is 4.59. The van der Waals surface area contributed by atoms with Crippen molar-refractivity contribution in [1.82, 2.24) is 9.80 Å². The van der Waals surface area contributed by atoms with E-state index < -0.39 is 6.04 Å². The van der Waals surface area contributed by atoms with Crippen molar-refractivity contribution >= 4 is 17.5 Å². The predicted molar refractivity (Wildman–Crippen MR) is 101 cm³/mol. The molecule has 1 aliphatic heterocycles. The van der Waals surface area contributed by atoms with E-state index in [1.165, 1.54) is 5.56 Å². The second-order valence-electron chi connectivity index (χ2n) is 6.53. The Morgan fingerprint density at radius 3 is 2.36 bits per heavy atom. The molecular weight excluding hydrogens is 334 g/mol. The summed E-state index contributed by atoms with van der Waals surface area (Å²) in [6, 6.07) is 17.4. The molecule has 0 radical (unpaired) electrons. The van der Waals surface area contributed by atoms with Crippen molar-refractivity contribution in [3.63, 3.8) is 0 Å².